The van der Waals surface area contributed by atoms with Crippen molar-refractivity contribution in [2.45, 2.75) is 97.5 Å². The molecule has 6 bridgehead atoms. The van der Waals surface area contributed by atoms with Gasteiger partial charge >= 0.3 is 12.5 Å². The zero-order chi connectivity index (χ0) is 47.6. The Hall–Kier alpha value is -6.00. The quantitative estimate of drug-likeness (QED) is 0.132. The molecular weight excluding hydrogens is 849 g/mol. The summed E-state index contributed by atoms with van der Waals surface area (Å²) in [5.41, 5.74) is 6.77. The van der Waals surface area contributed by atoms with Gasteiger partial charge in [-0.25, -0.2) is 5.43 Å². The number of nitrogens with one attached hydrogen (secondary N) is 2. The summed E-state index contributed by atoms with van der Waals surface area (Å²) in [6.07, 6.45) is 3.92. The number of methoxy groups -OCH3 is 1. The molecule has 2 saturated heterocycles. The van der Waals surface area contributed by atoms with Crippen molar-refractivity contribution >= 4 is 40.5 Å². The van der Waals surface area contributed by atoms with Gasteiger partial charge in [-0.2, -0.15) is 8.78 Å². The Kier molecular flexibility index (Phi) is 14.4. The molecule has 352 valence electrons. The number of carbonyl (C=O) groups is 5. The summed E-state index contributed by atoms with van der Waals surface area (Å²) in [6, 6.07) is 13.4. The maximum atomic E-state index is 15.5. The highest BCUT2D eigenvalue weighted by Crippen LogP contribution is 2.44. The zero-order valence-electron chi connectivity index (χ0n) is 38.8. The Balaban J connectivity index is 1.30. The van der Waals surface area contributed by atoms with Crippen molar-refractivity contribution in [1.29, 1.82) is 0 Å². The molecule has 2 N–H and O–H groups in total. The second kappa shape index (κ2) is 19.8. The predicted octanol–water partition coefficient (Wildman–Crippen LogP) is 6.64. The van der Waals surface area contributed by atoms with E-state index in [1.165, 1.54) is 16.0 Å². The summed E-state index contributed by atoms with van der Waals surface area (Å²) < 4.78 is 43.7. The third-order valence-corrected chi connectivity index (χ3v) is 13.1. The molecule has 16 heteroatoms. The van der Waals surface area contributed by atoms with Crippen molar-refractivity contribution in [3.05, 3.63) is 90.3 Å². The van der Waals surface area contributed by atoms with E-state index in [9.17, 15) is 24.0 Å². The Bertz CT molecular complexity index is 2510. The van der Waals surface area contributed by atoms with Crippen molar-refractivity contribution in [2.24, 2.45) is 17.3 Å². The maximum absolute atomic E-state index is 15.5. The van der Waals surface area contributed by atoms with Gasteiger partial charge in [-0.15, -0.1) is 0 Å². The number of hydrazine groups is 1. The molecule has 5 atom stereocenters. The largest absolute Gasteiger partial charge is 0.464 e. The Labute approximate surface area is 384 Å². The van der Waals surface area contributed by atoms with E-state index in [-0.39, 0.29) is 50.3 Å². The van der Waals surface area contributed by atoms with Gasteiger partial charge in [0, 0.05) is 62.8 Å². The number of likely N-dealkylation sites (N-methyl/N-ethyl adjacent to an activating group) is 1. The number of hydrogen-bond donors (Lipinski definition) is 2. The molecule has 5 heterocycles. The lowest BCUT2D eigenvalue weighted by atomic mass is 9.84. The number of ether oxygens (including phenoxy) is 2. The number of halogens is 2. The molecule has 66 heavy (non-hydrogen) atoms. The minimum Gasteiger partial charge on any atom is -0.464 e. The van der Waals surface area contributed by atoms with Gasteiger partial charge in [0.15, 0.2) is 0 Å². The lowest BCUT2D eigenvalue weighted by Gasteiger charge is -2.37. The number of aromatic nitrogens is 2. The molecule has 2 aromatic heterocycles. The smallest absolute Gasteiger partial charge is 0.324 e. The summed E-state index contributed by atoms with van der Waals surface area (Å²) >= 11 is 0. The van der Waals surface area contributed by atoms with Crippen molar-refractivity contribution in [2.75, 3.05) is 40.4 Å². The minimum atomic E-state index is -2.92. The Morgan fingerprint density at radius 1 is 1.05 bits per heavy atom. The molecule has 2 aromatic carbocycles. The van der Waals surface area contributed by atoms with Crippen LogP contribution in [-0.2, 0) is 46.3 Å². The van der Waals surface area contributed by atoms with E-state index in [1.54, 1.807) is 49.5 Å². The molecule has 0 spiro atoms. The highest BCUT2D eigenvalue weighted by atomic mass is 19.3. The topological polar surface area (TPSA) is 155 Å². The second-order valence-corrected chi connectivity index (χ2v) is 18.9. The maximum Gasteiger partial charge on any atom is 0.324 e. The van der Waals surface area contributed by atoms with Gasteiger partial charge in [0.05, 0.1) is 35.5 Å². The third kappa shape index (κ3) is 9.90. The standard InChI is InChI=1S/C50H61F2N7O7/c1-9-41(60)57-22-19-34(27-57)46(62)56(7)43(29(2)3)45(61)54-39-24-31-13-10-14-32(23-31)33-17-18-40-36(25-33)37(44(59(40)49(51)52)35-15-11-20-53-42(35)30(4)65-8)26-50(5,6)28-66-48(64)38-16-12-21-58(55-38)47(39)63/h9-11,13-15,17-18,20,23,25,29-30,34,38-39,43,49,55H,1,12,16,19,21-22,24,26-28H2,2-8H3,(H,54,61)/t30-,34?,38-,39-,43-/m0/s1. The van der Waals surface area contributed by atoms with Crippen molar-refractivity contribution in [3.8, 4) is 22.4 Å². The number of esters is 1. The number of likely N-dealkylation sites (tertiary alicyclic amines) is 1. The van der Waals surface area contributed by atoms with Crippen LogP contribution in [0.1, 0.15) is 83.4 Å². The number of fused-ring (bicyclic) bond motifs is 6. The van der Waals surface area contributed by atoms with Gasteiger partial charge in [-0.3, -0.25) is 38.5 Å². The van der Waals surface area contributed by atoms with Crippen LogP contribution >= 0.6 is 0 Å². The molecule has 4 amide bonds. The number of carbonyl (C=O) groups excluding carboxylic acids is 5. The summed E-state index contributed by atoms with van der Waals surface area (Å²) in [5, 5.41) is 4.95. The molecule has 1 unspecified atom stereocenters. The van der Waals surface area contributed by atoms with E-state index in [1.807, 2.05) is 65.0 Å². The number of cyclic esters (lactones) is 1. The number of amides is 4. The van der Waals surface area contributed by atoms with Gasteiger partial charge in [0.2, 0.25) is 17.7 Å². The van der Waals surface area contributed by atoms with Crippen molar-refractivity contribution < 1.29 is 42.2 Å². The highest BCUT2D eigenvalue weighted by molar-refractivity contribution is 5.96. The van der Waals surface area contributed by atoms with Crippen LogP contribution in [0.15, 0.2) is 73.4 Å². The fourth-order valence-electron chi connectivity index (χ4n) is 9.70. The van der Waals surface area contributed by atoms with Gasteiger partial charge in [-0.1, -0.05) is 64.6 Å². The van der Waals surface area contributed by atoms with E-state index >= 15 is 8.78 Å². The third-order valence-electron chi connectivity index (χ3n) is 13.1. The van der Waals surface area contributed by atoms with E-state index in [4.69, 9.17) is 9.47 Å². The fraction of sp³-hybridized carbons (Fsp3) is 0.480. The van der Waals surface area contributed by atoms with Crippen LogP contribution in [-0.4, -0.2) is 112 Å². The number of alkyl halides is 2. The van der Waals surface area contributed by atoms with E-state index < -0.39 is 59.9 Å². The number of nitrogens with zero attached hydrogens (tertiary/aromatic N) is 5. The average molecular weight is 910 g/mol. The first-order valence-electron chi connectivity index (χ1n) is 22.7. The number of hydrogen-bond acceptors (Lipinski definition) is 9. The van der Waals surface area contributed by atoms with Crippen molar-refractivity contribution in [1.82, 2.24) is 35.1 Å². The first kappa shape index (κ1) is 47.9. The average Bonchev–Trinajstić information content (AvgIpc) is 3.92. The monoisotopic (exact) mass is 909 g/mol. The number of rotatable bonds is 10. The zero-order valence-corrected chi connectivity index (χ0v) is 38.8. The molecule has 3 aliphatic rings. The molecule has 3 aliphatic heterocycles. The van der Waals surface area contributed by atoms with Gasteiger partial charge < -0.3 is 24.6 Å². The van der Waals surface area contributed by atoms with Crippen molar-refractivity contribution in [3.63, 3.8) is 0 Å². The second-order valence-electron chi connectivity index (χ2n) is 18.9. The molecule has 7 rings (SSSR count). The Morgan fingerprint density at radius 3 is 2.52 bits per heavy atom. The van der Waals surface area contributed by atoms with E-state index in [0.29, 0.717) is 64.8 Å². The lowest BCUT2D eigenvalue weighted by Crippen LogP contribution is -2.62. The van der Waals surface area contributed by atoms with Gasteiger partial charge in [-0.05, 0) is 91.1 Å². The molecule has 0 saturated carbocycles. The lowest BCUT2D eigenvalue weighted by molar-refractivity contribution is -0.155. The summed E-state index contributed by atoms with van der Waals surface area (Å²) in [7, 11) is 3.11. The van der Waals surface area contributed by atoms with Crippen LogP contribution in [0.5, 0.6) is 0 Å². The highest BCUT2D eigenvalue weighted by Gasteiger charge is 2.40. The Morgan fingerprint density at radius 2 is 1.80 bits per heavy atom. The summed E-state index contributed by atoms with van der Waals surface area (Å²) in [4.78, 5) is 76.7. The first-order valence-corrected chi connectivity index (χ1v) is 22.7. The SMILES string of the molecule is C=CC(=O)N1CCC(C(=O)N(C)[C@H](C(=O)N[C@H]2Cc3cccc(c3)-c3ccc4c(c3)c(c(-c3cccnc3[C@H](C)OC)n4C(F)F)CC(C)(C)COC(=O)[C@@H]3CCCN(N3)C2=O)C(C)C)C1. The van der Waals surface area contributed by atoms with Gasteiger partial charge in [0.25, 0.3) is 5.91 Å². The van der Waals surface area contributed by atoms with Crippen LogP contribution < -0.4 is 10.7 Å². The molecule has 2 fully saturated rings. The molecule has 14 nitrogen and oxygen atoms in total. The van der Waals surface area contributed by atoms with Crippen LogP contribution in [0, 0.1) is 17.3 Å². The van der Waals surface area contributed by atoms with Gasteiger partial charge in [0.1, 0.15) is 18.1 Å². The summed E-state index contributed by atoms with van der Waals surface area (Å²) in [5.74, 6) is -2.97. The molecule has 0 radical (unpaired) electrons. The molecular formula is C50H61F2N7O7. The normalized spacial score (nSPS) is 21.0. The van der Waals surface area contributed by atoms with Crippen LogP contribution in [0.4, 0.5) is 8.78 Å². The first-order chi connectivity index (χ1) is 31.4. The molecule has 0 aliphatic carbocycles. The van der Waals surface area contributed by atoms with E-state index in [2.05, 4.69) is 22.3 Å². The number of benzene rings is 2. The van der Waals surface area contributed by atoms with Crippen LogP contribution in [0.2, 0.25) is 0 Å². The van der Waals surface area contributed by atoms with E-state index in [0.717, 1.165) is 15.7 Å². The summed E-state index contributed by atoms with van der Waals surface area (Å²) in [6.45, 7) is 10.8. The minimum absolute atomic E-state index is 0.0461. The van der Waals surface area contributed by atoms with Crippen LogP contribution in [0.3, 0.4) is 0 Å². The fourth-order valence-corrected chi connectivity index (χ4v) is 9.70. The number of pyridine rings is 1. The predicted molar refractivity (Wildman–Crippen MR) is 246 cm³/mol. The molecule has 4 aromatic rings. The van der Waals surface area contributed by atoms with Crippen LogP contribution in [0.25, 0.3) is 33.3 Å².